The fourth-order valence-corrected chi connectivity index (χ4v) is 9.09. The van der Waals surface area contributed by atoms with Crippen molar-refractivity contribution in [2.75, 3.05) is 0 Å². The lowest BCUT2D eigenvalue weighted by Gasteiger charge is -2.24. The fourth-order valence-electron chi connectivity index (χ4n) is 9.09. The molecule has 11 aromatic rings. The lowest BCUT2D eigenvalue weighted by molar-refractivity contribution is 0.661. The Labute approximate surface area is 340 Å². The van der Waals surface area contributed by atoms with Crippen LogP contribution in [-0.2, 0) is 0 Å². The van der Waals surface area contributed by atoms with Gasteiger partial charge in [0.05, 0.1) is 33.3 Å². The summed E-state index contributed by atoms with van der Waals surface area (Å²) in [5.41, 5.74) is 12.3. The Balaban J connectivity index is 1.13. The summed E-state index contributed by atoms with van der Waals surface area (Å²) in [5, 5.41) is 9.72. The van der Waals surface area contributed by atoms with E-state index in [1.54, 1.807) is 0 Å². The molecule has 0 fully saturated rings. The van der Waals surface area contributed by atoms with Crippen molar-refractivity contribution in [2.24, 2.45) is 9.98 Å². The summed E-state index contributed by atoms with van der Waals surface area (Å²) < 4.78 is 7.06. The topological polar surface area (TPSA) is 51.5 Å². The lowest BCUT2D eigenvalue weighted by atomic mass is 10.0. The molecule has 8 aromatic carbocycles. The molecule has 6 nitrogen and oxygen atoms in total. The fraction of sp³-hybridized carbons (Fsp3) is 0.0189. The van der Waals surface area contributed by atoms with E-state index >= 15 is 0 Å². The first-order valence-corrected chi connectivity index (χ1v) is 20.0. The summed E-state index contributed by atoms with van der Waals surface area (Å²) in [6, 6.07) is 71.0. The Morgan fingerprint density at radius 1 is 0.441 bits per heavy atom. The van der Waals surface area contributed by atoms with E-state index in [1.807, 2.05) is 24.3 Å². The van der Waals surface area contributed by atoms with Crippen molar-refractivity contribution in [3.8, 4) is 22.5 Å². The summed E-state index contributed by atoms with van der Waals surface area (Å²) in [7, 11) is 0. The Hall–Kier alpha value is -7.96. The molecule has 1 aliphatic rings. The Bertz CT molecular complexity index is 3450. The van der Waals surface area contributed by atoms with Gasteiger partial charge in [-0.25, -0.2) is 4.99 Å². The Morgan fingerprint density at radius 2 is 1.10 bits per heavy atom. The molecule has 1 N–H and O–H groups in total. The van der Waals surface area contributed by atoms with Crippen LogP contribution in [0.2, 0.25) is 0 Å². The van der Waals surface area contributed by atoms with E-state index in [-0.39, 0.29) is 6.17 Å². The van der Waals surface area contributed by atoms with E-state index in [4.69, 9.17) is 9.98 Å². The second-order valence-corrected chi connectivity index (χ2v) is 15.1. The molecule has 0 aliphatic carbocycles. The van der Waals surface area contributed by atoms with Crippen LogP contribution >= 0.6 is 0 Å². The number of nitrogens with zero attached hydrogens (tertiary/aromatic N) is 5. The Kier molecular flexibility index (Phi) is 7.50. The lowest BCUT2D eigenvalue weighted by Crippen LogP contribution is -2.37. The molecule has 3 aromatic heterocycles. The largest absolute Gasteiger partial charge is 0.330 e. The normalized spacial score (nSPS) is 14.3. The van der Waals surface area contributed by atoms with Crippen LogP contribution < -0.4 is 5.32 Å². The average Bonchev–Trinajstić information content (AvgIpc) is 4.00. The first kappa shape index (κ1) is 33.2. The molecule has 4 heterocycles. The van der Waals surface area contributed by atoms with Gasteiger partial charge in [-0.05, 0) is 71.3 Å². The molecule has 0 saturated carbocycles. The molecule has 0 amide bonds. The highest BCUT2D eigenvalue weighted by molar-refractivity contribution is 6.21. The molecular formula is C53H36N6. The number of amidine groups is 1. The second kappa shape index (κ2) is 13.3. The van der Waals surface area contributed by atoms with E-state index in [9.17, 15) is 0 Å². The van der Waals surface area contributed by atoms with Gasteiger partial charge in [-0.1, -0.05) is 146 Å². The first-order valence-electron chi connectivity index (χ1n) is 20.0. The van der Waals surface area contributed by atoms with Gasteiger partial charge < -0.3 is 14.5 Å². The van der Waals surface area contributed by atoms with Gasteiger partial charge in [-0.2, -0.15) is 4.99 Å². The van der Waals surface area contributed by atoms with Gasteiger partial charge in [-0.15, -0.1) is 0 Å². The summed E-state index contributed by atoms with van der Waals surface area (Å²) in [6.45, 7) is 0. The predicted molar refractivity (Wildman–Crippen MR) is 244 cm³/mol. The molecule has 59 heavy (non-hydrogen) atoms. The van der Waals surface area contributed by atoms with Gasteiger partial charge in [0.1, 0.15) is 6.17 Å². The zero-order valence-electron chi connectivity index (χ0n) is 31.9. The monoisotopic (exact) mass is 756 g/mol. The van der Waals surface area contributed by atoms with Crippen molar-refractivity contribution in [1.29, 1.82) is 0 Å². The zero-order valence-corrected chi connectivity index (χ0v) is 31.9. The molecule has 0 bridgehead atoms. The number of para-hydroxylation sites is 2. The third kappa shape index (κ3) is 5.27. The van der Waals surface area contributed by atoms with Gasteiger partial charge in [-0.3, -0.25) is 4.57 Å². The summed E-state index contributed by atoms with van der Waals surface area (Å²) in [6.07, 6.45) is 1.91. The van der Waals surface area contributed by atoms with Gasteiger partial charge in [0.25, 0.3) is 0 Å². The highest BCUT2D eigenvalue weighted by Crippen LogP contribution is 2.41. The van der Waals surface area contributed by atoms with Crippen molar-refractivity contribution in [1.82, 2.24) is 19.0 Å². The van der Waals surface area contributed by atoms with Gasteiger partial charge in [0.2, 0.25) is 5.96 Å². The third-order valence-corrected chi connectivity index (χ3v) is 11.7. The summed E-state index contributed by atoms with van der Waals surface area (Å²) in [5.74, 6) is 1.42. The smallest absolute Gasteiger partial charge is 0.211 e. The number of rotatable bonds is 5. The maximum absolute atomic E-state index is 5.30. The van der Waals surface area contributed by atoms with E-state index in [2.05, 4.69) is 201 Å². The number of hydrogen-bond acceptors (Lipinski definition) is 3. The van der Waals surface area contributed by atoms with Crippen molar-refractivity contribution in [3.05, 3.63) is 218 Å². The number of nitrogens with one attached hydrogen (secondary N) is 1. The van der Waals surface area contributed by atoms with Crippen LogP contribution in [0.25, 0.3) is 77.0 Å². The van der Waals surface area contributed by atoms with Crippen molar-refractivity contribution in [3.63, 3.8) is 0 Å². The zero-order chi connectivity index (χ0) is 38.9. The minimum Gasteiger partial charge on any atom is -0.330 e. The van der Waals surface area contributed by atoms with E-state index in [0.717, 1.165) is 61.3 Å². The molecule has 0 spiro atoms. The molecule has 1 unspecified atom stereocenters. The Morgan fingerprint density at radius 3 is 1.90 bits per heavy atom. The highest BCUT2D eigenvalue weighted by Gasteiger charge is 2.26. The van der Waals surface area contributed by atoms with Crippen molar-refractivity contribution >= 4 is 66.3 Å². The van der Waals surface area contributed by atoms with Crippen LogP contribution in [0.5, 0.6) is 0 Å². The molecule has 6 heteroatoms. The van der Waals surface area contributed by atoms with E-state index in [1.165, 1.54) is 32.8 Å². The van der Waals surface area contributed by atoms with Gasteiger partial charge in [0.15, 0.2) is 5.84 Å². The molecule has 1 aliphatic heterocycles. The minimum atomic E-state index is -0.328. The molecule has 12 rings (SSSR count). The quantitative estimate of drug-likeness (QED) is 0.187. The first-order chi connectivity index (χ1) is 29.3. The SMILES string of the molecule is c1ccc(C2=NC(c3ccccc3)NC(n3c4ccc(-c5ccccc5)cc4c4c(-n5ccc6c5ccc5c7ccccc7n(-c7ccccc7)c56)cccc43)=N2)cc1. The third-order valence-electron chi connectivity index (χ3n) is 11.7. The van der Waals surface area contributed by atoms with Crippen molar-refractivity contribution < 1.29 is 0 Å². The molecule has 278 valence electrons. The van der Waals surface area contributed by atoms with Crippen LogP contribution in [0.15, 0.2) is 216 Å². The maximum atomic E-state index is 5.30. The van der Waals surface area contributed by atoms with Crippen LogP contribution in [0.3, 0.4) is 0 Å². The molecular weight excluding hydrogens is 721 g/mol. The predicted octanol–water partition coefficient (Wildman–Crippen LogP) is 12.5. The average molecular weight is 757 g/mol. The number of aliphatic imine (C=N–C) groups is 2. The van der Waals surface area contributed by atoms with Crippen molar-refractivity contribution in [2.45, 2.75) is 6.17 Å². The molecule has 0 saturated heterocycles. The molecule has 0 radical (unpaired) electrons. The number of aromatic nitrogens is 3. The number of hydrogen-bond donors (Lipinski definition) is 1. The van der Waals surface area contributed by atoms with Gasteiger partial charge >= 0.3 is 0 Å². The summed E-state index contributed by atoms with van der Waals surface area (Å²) >= 11 is 0. The molecule has 1 atom stereocenters. The standard InChI is InChI=1S/C53H36N6/c1-5-16-35(17-6-1)38-28-30-46-43(34-38)49-47(57-33-32-42-44(57)31-29-41-40-24-13-14-25-45(40)58(50(41)42)39-22-11-4-12-23-39)26-15-27-48(49)59(46)53-55-51(36-18-7-2-8-19-36)54-52(56-53)37-20-9-3-10-21-37/h1-34,51H,(H,54,55,56). The van der Waals surface area contributed by atoms with E-state index < -0.39 is 0 Å². The van der Waals surface area contributed by atoms with Crippen LogP contribution in [-0.4, -0.2) is 25.5 Å². The van der Waals surface area contributed by atoms with Crippen LogP contribution in [0.4, 0.5) is 0 Å². The number of benzene rings is 8. The minimum absolute atomic E-state index is 0.328. The maximum Gasteiger partial charge on any atom is 0.211 e. The summed E-state index contributed by atoms with van der Waals surface area (Å²) in [4.78, 5) is 10.5. The van der Waals surface area contributed by atoms with Crippen LogP contribution in [0, 0.1) is 0 Å². The van der Waals surface area contributed by atoms with Gasteiger partial charge in [0, 0.05) is 44.4 Å². The van der Waals surface area contributed by atoms with Crippen LogP contribution in [0.1, 0.15) is 17.3 Å². The second-order valence-electron chi connectivity index (χ2n) is 15.1. The number of fused-ring (bicyclic) bond motifs is 8. The van der Waals surface area contributed by atoms with E-state index in [0.29, 0.717) is 5.84 Å². The highest BCUT2D eigenvalue weighted by atomic mass is 15.3.